The molecule has 0 fully saturated rings. The number of benzene rings is 1. The molecule has 0 saturated carbocycles. The second-order valence-electron chi connectivity index (χ2n) is 7.48. The maximum atomic E-state index is 13.5. The van der Waals surface area contributed by atoms with Crippen molar-refractivity contribution in [2.24, 2.45) is 5.73 Å². The molecule has 3 aromatic rings. The van der Waals surface area contributed by atoms with E-state index >= 15 is 0 Å². The number of hydrogen-bond acceptors (Lipinski definition) is 5. The molecule has 0 radical (unpaired) electrons. The SMILES string of the molecule is Cc1ccccc1Cn1nc(C(N)C(F)(F)F)c2c1CCN(c1cn[nH]c(=O)c1Cl)C2. The second-order valence-corrected chi connectivity index (χ2v) is 7.86. The summed E-state index contributed by atoms with van der Waals surface area (Å²) in [6.45, 7) is 2.81. The fraction of sp³-hybridized carbons (Fsp3) is 0.350. The minimum absolute atomic E-state index is 0.0626. The lowest BCUT2D eigenvalue weighted by Gasteiger charge is -2.30. The number of aromatic nitrogens is 4. The van der Waals surface area contributed by atoms with Crippen molar-refractivity contribution < 1.29 is 13.2 Å². The number of nitrogens with one attached hydrogen (secondary N) is 1. The van der Waals surface area contributed by atoms with E-state index in [1.54, 1.807) is 9.58 Å². The first kappa shape index (κ1) is 21.4. The smallest absolute Gasteiger partial charge is 0.364 e. The molecule has 3 heterocycles. The van der Waals surface area contributed by atoms with Gasteiger partial charge in [0.1, 0.15) is 11.1 Å². The van der Waals surface area contributed by atoms with Crippen molar-refractivity contribution in [3.05, 3.63) is 73.9 Å². The zero-order valence-corrected chi connectivity index (χ0v) is 17.3. The Balaban J connectivity index is 1.77. The minimum atomic E-state index is -4.64. The molecule has 2 aromatic heterocycles. The van der Waals surface area contributed by atoms with Crippen LogP contribution in [-0.2, 0) is 19.5 Å². The molecule has 0 amide bonds. The number of fused-ring (bicyclic) bond motifs is 1. The number of aryl methyl sites for hydroxylation is 1. The highest BCUT2D eigenvalue weighted by molar-refractivity contribution is 6.33. The number of H-pyrrole nitrogens is 1. The van der Waals surface area contributed by atoms with Gasteiger partial charge >= 0.3 is 6.18 Å². The van der Waals surface area contributed by atoms with Gasteiger partial charge < -0.3 is 10.6 Å². The number of halogens is 4. The molecule has 1 unspecified atom stereocenters. The largest absolute Gasteiger partial charge is 0.409 e. The van der Waals surface area contributed by atoms with Gasteiger partial charge in [0.25, 0.3) is 5.56 Å². The molecule has 1 aliphatic heterocycles. The van der Waals surface area contributed by atoms with Crippen LogP contribution in [0.25, 0.3) is 0 Å². The monoisotopic (exact) mass is 452 g/mol. The van der Waals surface area contributed by atoms with Crippen molar-refractivity contribution in [2.45, 2.75) is 38.7 Å². The molecule has 164 valence electrons. The molecule has 31 heavy (non-hydrogen) atoms. The number of aromatic amines is 1. The first-order valence-electron chi connectivity index (χ1n) is 9.60. The Hall–Kier alpha value is -2.85. The van der Waals surface area contributed by atoms with Gasteiger partial charge in [0.15, 0.2) is 0 Å². The van der Waals surface area contributed by atoms with Crippen LogP contribution in [0, 0.1) is 6.92 Å². The van der Waals surface area contributed by atoms with Crippen molar-refractivity contribution in [3.63, 3.8) is 0 Å². The quantitative estimate of drug-likeness (QED) is 0.634. The molecule has 1 atom stereocenters. The Morgan fingerprint density at radius 3 is 2.77 bits per heavy atom. The fourth-order valence-electron chi connectivity index (χ4n) is 3.80. The Kier molecular flexibility index (Phi) is 5.52. The molecule has 0 bridgehead atoms. The van der Waals surface area contributed by atoms with Crippen LogP contribution in [-0.4, -0.2) is 32.7 Å². The topological polar surface area (TPSA) is 92.8 Å². The summed E-state index contributed by atoms with van der Waals surface area (Å²) in [4.78, 5) is 13.5. The third-order valence-electron chi connectivity index (χ3n) is 5.51. The predicted molar refractivity (Wildman–Crippen MR) is 110 cm³/mol. The summed E-state index contributed by atoms with van der Waals surface area (Å²) in [5.74, 6) is 0. The Morgan fingerprint density at radius 2 is 2.06 bits per heavy atom. The summed E-state index contributed by atoms with van der Waals surface area (Å²) < 4.78 is 42.0. The lowest BCUT2D eigenvalue weighted by molar-refractivity contribution is -0.150. The van der Waals surface area contributed by atoms with E-state index in [1.807, 2.05) is 31.2 Å². The molecular weight excluding hydrogens is 433 g/mol. The van der Waals surface area contributed by atoms with E-state index in [9.17, 15) is 18.0 Å². The van der Waals surface area contributed by atoms with Crippen molar-refractivity contribution in [1.82, 2.24) is 20.0 Å². The van der Waals surface area contributed by atoms with Crippen LogP contribution in [0.1, 0.15) is 34.1 Å². The molecule has 3 N–H and O–H groups in total. The number of alkyl halides is 3. The third-order valence-corrected chi connectivity index (χ3v) is 5.88. The van der Waals surface area contributed by atoms with Crippen molar-refractivity contribution in [1.29, 1.82) is 0 Å². The van der Waals surface area contributed by atoms with Gasteiger partial charge in [-0.1, -0.05) is 35.9 Å². The number of rotatable bonds is 4. The Bertz CT molecular complexity index is 1170. The van der Waals surface area contributed by atoms with Crippen LogP contribution in [0.15, 0.2) is 35.3 Å². The van der Waals surface area contributed by atoms with Crippen molar-refractivity contribution in [3.8, 4) is 0 Å². The van der Waals surface area contributed by atoms with Gasteiger partial charge in [-0.3, -0.25) is 9.48 Å². The Morgan fingerprint density at radius 1 is 1.32 bits per heavy atom. The second kappa shape index (κ2) is 8.01. The first-order chi connectivity index (χ1) is 14.7. The average Bonchev–Trinajstić information content (AvgIpc) is 3.08. The summed E-state index contributed by atoms with van der Waals surface area (Å²) in [6.07, 6.45) is -2.83. The molecule has 0 spiro atoms. The fourth-order valence-corrected chi connectivity index (χ4v) is 4.01. The molecule has 1 aliphatic rings. The van der Waals surface area contributed by atoms with Crippen LogP contribution < -0.4 is 16.2 Å². The number of hydrogen-bond donors (Lipinski definition) is 2. The third kappa shape index (κ3) is 4.05. The van der Waals surface area contributed by atoms with E-state index in [-0.39, 0.29) is 17.3 Å². The summed E-state index contributed by atoms with van der Waals surface area (Å²) in [7, 11) is 0. The standard InChI is InChI=1S/C20H20ClF3N6O/c1-11-4-2-3-5-12(11)9-30-14-6-7-29(15-8-26-27-19(31)16(15)21)10-13(14)17(28-30)18(25)20(22,23)24/h2-5,8,18H,6-7,9-10,25H2,1H3,(H,27,31). The van der Waals surface area contributed by atoms with Crippen molar-refractivity contribution in [2.75, 3.05) is 11.4 Å². The van der Waals surface area contributed by atoms with Gasteiger partial charge in [0.2, 0.25) is 0 Å². The van der Waals surface area contributed by atoms with Crippen molar-refractivity contribution >= 4 is 17.3 Å². The summed E-state index contributed by atoms with van der Waals surface area (Å²) in [6, 6.07) is 5.43. The van der Waals surface area contributed by atoms with Crippen LogP contribution in [0.3, 0.4) is 0 Å². The molecule has 11 heteroatoms. The summed E-state index contributed by atoms with van der Waals surface area (Å²) >= 11 is 6.11. The molecular formula is C20H20ClF3N6O. The van der Waals surface area contributed by atoms with E-state index in [0.29, 0.717) is 36.5 Å². The Labute approximate surface area is 180 Å². The summed E-state index contributed by atoms with van der Waals surface area (Å²) in [5.41, 5.74) is 8.22. The van der Waals surface area contributed by atoms with E-state index in [2.05, 4.69) is 15.3 Å². The van der Waals surface area contributed by atoms with Crippen LogP contribution >= 0.6 is 11.6 Å². The van der Waals surface area contributed by atoms with Crippen LogP contribution in [0.4, 0.5) is 18.9 Å². The zero-order valence-electron chi connectivity index (χ0n) is 16.6. The molecule has 0 aliphatic carbocycles. The number of nitrogens with two attached hydrogens (primary N) is 1. The lowest BCUT2D eigenvalue weighted by Crippen LogP contribution is -2.35. The van der Waals surface area contributed by atoms with Gasteiger partial charge in [-0.2, -0.15) is 23.4 Å². The lowest BCUT2D eigenvalue weighted by atomic mass is 10.0. The molecule has 1 aromatic carbocycles. The highest BCUT2D eigenvalue weighted by Gasteiger charge is 2.42. The van der Waals surface area contributed by atoms with Crippen LogP contribution in [0.2, 0.25) is 5.02 Å². The number of nitrogens with zero attached hydrogens (tertiary/aromatic N) is 4. The zero-order chi connectivity index (χ0) is 22.3. The number of anilines is 1. The first-order valence-corrected chi connectivity index (χ1v) is 9.98. The van der Waals surface area contributed by atoms with Gasteiger partial charge in [-0.05, 0) is 18.1 Å². The van der Waals surface area contributed by atoms with Gasteiger partial charge in [0, 0.05) is 30.8 Å². The molecule has 4 rings (SSSR count). The molecule has 0 saturated heterocycles. The molecule has 7 nitrogen and oxygen atoms in total. The average molecular weight is 453 g/mol. The maximum Gasteiger partial charge on any atom is 0.409 e. The van der Waals surface area contributed by atoms with Gasteiger partial charge in [-0.15, -0.1) is 0 Å². The highest BCUT2D eigenvalue weighted by Crippen LogP contribution is 2.36. The predicted octanol–water partition coefficient (Wildman–Crippen LogP) is 3.10. The summed E-state index contributed by atoms with van der Waals surface area (Å²) in [5, 5.41) is 10.2. The minimum Gasteiger partial charge on any atom is -0.364 e. The van der Waals surface area contributed by atoms with Gasteiger partial charge in [0.05, 0.1) is 24.1 Å². The van der Waals surface area contributed by atoms with E-state index in [0.717, 1.165) is 11.1 Å². The van der Waals surface area contributed by atoms with Gasteiger partial charge in [-0.25, -0.2) is 5.10 Å². The maximum absolute atomic E-state index is 13.5. The van der Waals surface area contributed by atoms with E-state index in [1.165, 1.54) is 6.20 Å². The van der Waals surface area contributed by atoms with E-state index < -0.39 is 17.8 Å². The van der Waals surface area contributed by atoms with E-state index in [4.69, 9.17) is 17.3 Å². The van der Waals surface area contributed by atoms with Crippen LogP contribution in [0.5, 0.6) is 0 Å². The normalized spacial score (nSPS) is 15.1. The highest BCUT2D eigenvalue weighted by atomic mass is 35.5.